The molecule has 1 unspecified atom stereocenters. The van der Waals surface area contributed by atoms with Crippen LogP contribution < -0.4 is 5.32 Å². The summed E-state index contributed by atoms with van der Waals surface area (Å²) in [5, 5.41) is 6.64. The summed E-state index contributed by atoms with van der Waals surface area (Å²) in [6.07, 6.45) is 5.00. The first-order valence-corrected chi connectivity index (χ1v) is 8.75. The fraction of sp³-hybridized carbons (Fsp3) is 0.263. The third-order valence-corrected chi connectivity index (χ3v) is 4.53. The van der Waals surface area contributed by atoms with Crippen LogP contribution in [0.1, 0.15) is 24.7 Å². The van der Waals surface area contributed by atoms with E-state index in [4.69, 9.17) is 4.52 Å². The molecule has 27 heavy (non-hydrogen) atoms. The van der Waals surface area contributed by atoms with E-state index in [0.29, 0.717) is 24.8 Å². The maximum Gasteiger partial charge on any atom is 0.321 e. The predicted octanol–water partition coefficient (Wildman–Crippen LogP) is 3.68. The number of carbonyl (C=O) groups is 1. The summed E-state index contributed by atoms with van der Waals surface area (Å²) in [5.74, 6) is 0.462. The van der Waals surface area contributed by atoms with E-state index in [2.05, 4.69) is 20.4 Å². The molecule has 1 fully saturated rings. The lowest BCUT2D eigenvalue weighted by molar-refractivity contribution is 0.184. The van der Waals surface area contributed by atoms with Gasteiger partial charge in [0.05, 0.1) is 11.6 Å². The molecule has 138 valence electrons. The van der Waals surface area contributed by atoms with Gasteiger partial charge in [-0.15, -0.1) is 0 Å². The first-order valence-electron chi connectivity index (χ1n) is 8.75. The van der Waals surface area contributed by atoms with Crippen LogP contribution in [-0.2, 0) is 0 Å². The van der Waals surface area contributed by atoms with Crippen LogP contribution in [0.5, 0.6) is 0 Å². The van der Waals surface area contributed by atoms with E-state index < -0.39 is 5.82 Å². The van der Waals surface area contributed by atoms with Crippen LogP contribution in [-0.4, -0.2) is 39.1 Å². The van der Waals surface area contributed by atoms with E-state index in [0.717, 1.165) is 18.4 Å². The number of benzene rings is 1. The van der Waals surface area contributed by atoms with E-state index in [1.165, 1.54) is 12.1 Å². The lowest BCUT2D eigenvalue weighted by Gasteiger charge is -2.31. The summed E-state index contributed by atoms with van der Waals surface area (Å²) in [5.41, 5.74) is 0.943. The van der Waals surface area contributed by atoms with Gasteiger partial charge < -0.3 is 14.7 Å². The van der Waals surface area contributed by atoms with E-state index in [-0.39, 0.29) is 17.6 Å². The predicted molar refractivity (Wildman–Crippen MR) is 96.5 cm³/mol. The molecule has 0 spiro atoms. The Morgan fingerprint density at radius 3 is 2.96 bits per heavy atom. The topological polar surface area (TPSA) is 84.2 Å². The summed E-state index contributed by atoms with van der Waals surface area (Å²) in [6, 6.07) is 9.43. The highest BCUT2D eigenvalue weighted by molar-refractivity contribution is 5.89. The number of nitrogens with zero attached hydrogens (tertiary/aromatic N) is 4. The molecule has 0 radical (unpaired) electrons. The Morgan fingerprint density at radius 1 is 1.26 bits per heavy atom. The number of likely N-dealkylation sites (tertiary alicyclic amines) is 1. The minimum Gasteiger partial charge on any atom is -0.339 e. The fourth-order valence-corrected chi connectivity index (χ4v) is 3.13. The van der Waals surface area contributed by atoms with E-state index in [1.54, 1.807) is 35.5 Å². The third-order valence-electron chi connectivity index (χ3n) is 4.53. The van der Waals surface area contributed by atoms with Crippen molar-refractivity contribution in [1.82, 2.24) is 20.0 Å². The molecule has 1 saturated heterocycles. The van der Waals surface area contributed by atoms with Crippen LogP contribution in [0.15, 0.2) is 53.3 Å². The standard InChI is InChI=1S/C19H18FN5O2/c20-15-7-1-2-8-16(15)22-19(26)25-10-4-6-14(12-25)18-23-17(24-27-18)13-5-3-9-21-11-13/h1-3,5,7-9,11,14H,4,6,10,12H2,(H,22,26). The monoisotopic (exact) mass is 367 g/mol. The van der Waals surface area contributed by atoms with E-state index in [9.17, 15) is 9.18 Å². The normalized spacial score (nSPS) is 16.9. The van der Waals surface area contributed by atoms with E-state index >= 15 is 0 Å². The highest BCUT2D eigenvalue weighted by atomic mass is 19.1. The number of pyridine rings is 1. The second-order valence-electron chi connectivity index (χ2n) is 6.39. The number of piperidine rings is 1. The molecule has 0 bridgehead atoms. The highest BCUT2D eigenvalue weighted by Crippen LogP contribution is 2.28. The molecule has 2 aromatic heterocycles. The van der Waals surface area contributed by atoms with Crippen LogP contribution in [0.4, 0.5) is 14.9 Å². The van der Waals surface area contributed by atoms with Gasteiger partial charge in [0, 0.05) is 31.0 Å². The summed E-state index contributed by atoms with van der Waals surface area (Å²) < 4.78 is 19.2. The Hall–Kier alpha value is -3.29. The average molecular weight is 367 g/mol. The van der Waals surface area contributed by atoms with Gasteiger partial charge in [-0.1, -0.05) is 17.3 Å². The van der Waals surface area contributed by atoms with Gasteiger partial charge in [0.25, 0.3) is 0 Å². The smallest absolute Gasteiger partial charge is 0.321 e. The Balaban J connectivity index is 1.45. The summed E-state index contributed by atoms with van der Waals surface area (Å²) >= 11 is 0. The minimum absolute atomic E-state index is 0.0527. The SMILES string of the molecule is O=C(Nc1ccccc1F)N1CCCC(c2nc(-c3cccnc3)no2)C1. The van der Waals surface area contributed by atoms with Gasteiger partial charge in [0.2, 0.25) is 11.7 Å². The Morgan fingerprint density at radius 2 is 2.15 bits per heavy atom. The van der Waals surface area contributed by atoms with Crippen LogP contribution in [0, 0.1) is 5.82 Å². The molecule has 1 N–H and O–H groups in total. The van der Waals surface area contributed by atoms with Crippen molar-refractivity contribution in [2.45, 2.75) is 18.8 Å². The maximum atomic E-state index is 13.8. The van der Waals surface area contributed by atoms with Gasteiger partial charge in [0.15, 0.2) is 0 Å². The summed E-state index contributed by atoms with van der Waals surface area (Å²) in [6.45, 7) is 1.04. The van der Waals surface area contributed by atoms with Crippen molar-refractivity contribution in [3.63, 3.8) is 0 Å². The zero-order chi connectivity index (χ0) is 18.6. The number of carbonyl (C=O) groups excluding carboxylic acids is 1. The molecular formula is C19H18FN5O2. The van der Waals surface area contributed by atoms with Crippen LogP contribution in [0.2, 0.25) is 0 Å². The van der Waals surface area contributed by atoms with Gasteiger partial charge in [0.1, 0.15) is 5.82 Å². The number of nitrogens with one attached hydrogen (secondary N) is 1. The second kappa shape index (κ2) is 7.53. The zero-order valence-electron chi connectivity index (χ0n) is 14.5. The number of rotatable bonds is 3. The molecule has 3 aromatic rings. The number of halogens is 1. The Bertz CT molecular complexity index is 931. The molecule has 7 nitrogen and oxygen atoms in total. The molecule has 1 atom stereocenters. The largest absolute Gasteiger partial charge is 0.339 e. The van der Waals surface area contributed by atoms with Crippen molar-refractivity contribution in [2.24, 2.45) is 0 Å². The Kier molecular flexibility index (Phi) is 4.78. The van der Waals surface area contributed by atoms with Crippen molar-refractivity contribution in [1.29, 1.82) is 0 Å². The number of amides is 2. The van der Waals surface area contributed by atoms with E-state index in [1.807, 2.05) is 6.07 Å². The molecule has 4 rings (SSSR count). The third kappa shape index (κ3) is 3.79. The second-order valence-corrected chi connectivity index (χ2v) is 6.39. The summed E-state index contributed by atoms with van der Waals surface area (Å²) in [4.78, 5) is 22.7. The van der Waals surface area contributed by atoms with Crippen molar-refractivity contribution in [2.75, 3.05) is 18.4 Å². The number of hydrogen-bond donors (Lipinski definition) is 1. The first kappa shape index (κ1) is 17.1. The van der Waals surface area contributed by atoms with Gasteiger partial charge in [-0.3, -0.25) is 4.98 Å². The molecular weight excluding hydrogens is 349 g/mol. The number of urea groups is 1. The van der Waals surface area contributed by atoms with Crippen molar-refractivity contribution in [3.8, 4) is 11.4 Å². The van der Waals surface area contributed by atoms with Gasteiger partial charge in [-0.05, 0) is 37.1 Å². The van der Waals surface area contributed by atoms with Crippen LogP contribution in [0.3, 0.4) is 0 Å². The Labute approximate surface area is 155 Å². The van der Waals surface area contributed by atoms with Gasteiger partial charge >= 0.3 is 6.03 Å². The molecule has 0 aliphatic carbocycles. The number of anilines is 1. The first-order chi connectivity index (χ1) is 13.2. The number of aromatic nitrogens is 3. The van der Waals surface area contributed by atoms with Crippen molar-refractivity contribution >= 4 is 11.7 Å². The zero-order valence-corrected chi connectivity index (χ0v) is 14.5. The molecule has 0 saturated carbocycles. The highest BCUT2D eigenvalue weighted by Gasteiger charge is 2.29. The fourth-order valence-electron chi connectivity index (χ4n) is 3.13. The average Bonchev–Trinajstić information content (AvgIpc) is 3.21. The molecule has 3 heterocycles. The minimum atomic E-state index is -0.461. The van der Waals surface area contributed by atoms with Crippen molar-refractivity contribution < 1.29 is 13.7 Å². The molecule has 1 aliphatic rings. The van der Waals surface area contributed by atoms with Crippen molar-refractivity contribution in [3.05, 3.63) is 60.5 Å². The lowest BCUT2D eigenvalue weighted by Crippen LogP contribution is -2.41. The van der Waals surface area contributed by atoms with Crippen LogP contribution >= 0.6 is 0 Å². The molecule has 8 heteroatoms. The van der Waals surface area contributed by atoms with Gasteiger partial charge in [-0.2, -0.15) is 4.98 Å². The molecule has 1 aliphatic heterocycles. The number of para-hydroxylation sites is 1. The quantitative estimate of drug-likeness (QED) is 0.763. The summed E-state index contributed by atoms with van der Waals surface area (Å²) in [7, 11) is 0. The van der Waals surface area contributed by atoms with Gasteiger partial charge in [-0.25, -0.2) is 9.18 Å². The number of hydrogen-bond acceptors (Lipinski definition) is 5. The van der Waals surface area contributed by atoms with Crippen LogP contribution in [0.25, 0.3) is 11.4 Å². The lowest BCUT2D eigenvalue weighted by atomic mass is 9.98. The molecule has 2 amide bonds. The maximum absolute atomic E-state index is 13.8. The molecule has 1 aromatic carbocycles.